The van der Waals surface area contributed by atoms with E-state index in [4.69, 9.17) is 0 Å². The van der Waals surface area contributed by atoms with Gasteiger partial charge in [0.2, 0.25) is 17.7 Å². The van der Waals surface area contributed by atoms with Gasteiger partial charge in [-0.25, -0.2) is 4.90 Å². The maximum absolute atomic E-state index is 13.8. The van der Waals surface area contributed by atoms with Gasteiger partial charge in [0.25, 0.3) is 0 Å². The second-order valence-corrected chi connectivity index (χ2v) is 9.15. The number of fused-ring (bicyclic) bond motifs is 7. The lowest BCUT2D eigenvalue weighted by atomic mass is 9.75. The fourth-order valence-corrected chi connectivity index (χ4v) is 6.52. The summed E-state index contributed by atoms with van der Waals surface area (Å²) >= 11 is 0. The molecule has 1 spiro atoms. The molecule has 4 heterocycles. The zero-order valence-electron chi connectivity index (χ0n) is 17.6. The summed E-state index contributed by atoms with van der Waals surface area (Å²) in [5, 5.41) is 2.91. The normalized spacial score (nSPS) is 30.7. The second kappa shape index (κ2) is 6.44. The number of aryl methyl sites for hydroxylation is 1. The van der Waals surface area contributed by atoms with Crippen molar-refractivity contribution in [2.45, 2.75) is 37.5 Å². The van der Waals surface area contributed by atoms with Gasteiger partial charge in [-0.15, -0.1) is 0 Å². The summed E-state index contributed by atoms with van der Waals surface area (Å²) in [6.07, 6.45) is -3.39. The predicted molar refractivity (Wildman–Crippen MR) is 112 cm³/mol. The summed E-state index contributed by atoms with van der Waals surface area (Å²) in [5.41, 5.74) is -0.856. The molecular formula is C24H20F3N3O3. The molecule has 6 rings (SSSR count). The van der Waals surface area contributed by atoms with Crippen molar-refractivity contribution in [2.75, 3.05) is 16.8 Å². The van der Waals surface area contributed by atoms with Crippen molar-refractivity contribution >= 4 is 29.1 Å². The quantitative estimate of drug-likeness (QED) is 0.669. The standard InChI is InChI=1S/C24H20F3N3O3/c1-12-6-4-8-14-19(12)28-22(33)23(14)18-17(16-10-5-11-29(16)23)20(31)30(21(18)32)15-9-3-2-7-13(15)24(25,26)27/h2-4,6-9,16-18H,5,10-11H2,1H3,(H,28,33)/t16-,17+,18-,23-/m0/s1. The molecule has 0 aliphatic carbocycles. The molecule has 0 aromatic heterocycles. The molecule has 4 aliphatic rings. The number of carbonyl (C=O) groups excluding carboxylic acids is 3. The number of halogens is 3. The maximum Gasteiger partial charge on any atom is 0.418 e. The summed E-state index contributed by atoms with van der Waals surface area (Å²) in [6.45, 7) is 2.39. The van der Waals surface area contributed by atoms with Gasteiger partial charge in [-0.05, 0) is 44.0 Å². The van der Waals surface area contributed by atoms with E-state index in [2.05, 4.69) is 5.32 Å². The van der Waals surface area contributed by atoms with Crippen molar-refractivity contribution in [3.8, 4) is 0 Å². The first-order chi connectivity index (χ1) is 15.7. The lowest BCUT2D eigenvalue weighted by Crippen LogP contribution is -2.54. The molecule has 2 aromatic rings. The average molecular weight is 455 g/mol. The first-order valence-corrected chi connectivity index (χ1v) is 10.9. The van der Waals surface area contributed by atoms with Gasteiger partial charge in [0.15, 0.2) is 0 Å². The Hall–Kier alpha value is -3.20. The Kier molecular flexibility index (Phi) is 3.98. The molecule has 1 N–H and O–H groups in total. The molecule has 4 aliphatic heterocycles. The third kappa shape index (κ3) is 2.35. The van der Waals surface area contributed by atoms with Crippen LogP contribution in [0.25, 0.3) is 0 Å². The summed E-state index contributed by atoms with van der Waals surface area (Å²) in [5.74, 6) is -3.76. The van der Waals surface area contributed by atoms with Crippen LogP contribution in [0.5, 0.6) is 0 Å². The Morgan fingerprint density at radius 1 is 1.03 bits per heavy atom. The maximum atomic E-state index is 13.8. The van der Waals surface area contributed by atoms with Gasteiger partial charge in [-0.2, -0.15) is 13.2 Å². The first-order valence-electron chi connectivity index (χ1n) is 10.9. The van der Waals surface area contributed by atoms with E-state index in [1.54, 1.807) is 12.1 Å². The molecule has 2 aromatic carbocycles. The topological polar surface area (TPSA) is 69.7 Å². The van der Waals surface area contributed by atoms with Crippen molar-refractivity contribution in [1.29, 1.82) is 0 Å². The fraction of sp³-hybridized carbons (Fsp3) is 0.375. The van der Waals surface area contributed by atoms with Gasteiger partial charge in [0, 0.05) is 17.3 Å². The molecule has 3 saturated heterocycles. The number of nitrogens with zero attached hydrogens (tertiary/aromatic N) is 2. The zero-order valence-corrected chi connectivity index (χ0v) is 17.6. The van der Waals surface area contributed by atoms with E-state index in [0.29, 0.717) is 29.1 Å². The lowest BCUT2D eigenvalue weighted by Gasteiger charge is -2.36. The van der Waals surface area contributed by atoms with Crippen LogP contribution in [0.15, 0.2) is 42.5 Å². The lowest BCUT2D eigenvalue weighted by molar-refractivity contribution is -0.138. The van der Waals surface area contributed by atoms with Gasteiger partial charge in [-0.3, -0.25) is 19.3 Å². The third-order valence-electron chi connectivity index (χ3n) is 7.69. The van der Waals surface area contributed by atoms with Crippen molar-refractivity contribution in [2.24, 2.45) is 11.8 Å². The van der Waals surface area contributed by atoms with E-state index in [0.717, 1.165) is 24.1 Å². The van der Waals surface area contributed by atoms with Gasteiger partial charge < -0.3 is 5.32 Å². The van der Waals surface area contributed by atoms with E-state index >= 15 is 0 Å². The number of nitrogens with one attached hydrogen (secondary N) is 1. The molecule has 0 bridgehead atoms. The highest BCUT2D eigenvalue weighted by Crippen LogP contribution is 2.61. The third-order valence-corrected chi connectivity index (χ3v) is 7.69. The number of hydrogen-bond donors (Lipinski definition) is 1. The number of hydrogen-bond acceptors (Lipinski definition) is 4. The summed E-state index contributed by atoms with van der Waals surface area (Å²) in [6, 6.07) is 9.65. The van der Waals surface area contributed by atoms with Crippen molar-refractivity contribution in [3.63, 3.8) is 0 Å². The molecule has 0 unspecified atom stereocenters. The smallest absolute Gasteiger partial charge is 0.324 e. The number of rotatable bonds is 1. The Morgan fingerprint density at radius 2 is 1.79 bits per heavy atom. The van der Waals surface area contributed by atoms with Crippen LogP contribution < -0.4 is 10.2 Å². The Bertz CT molecular complexity index is 1240. The fourth-order valence-electron chi connectivity index (χ4n) is 6.52. The highest BCUT2D eigenvalue weighted by atomic mass is 19.4. The van der Waals surface area contributed by atoms with E-state index in [1.807, 2.05) is 17.9 Å². The zero-order chi connectivity index (χ0) is 23.3. The number of alkyl halides is 3. The molecule has 33 heavy (non-hydrogen) atoms. The highest BCUT2D eigenvalue weighted by Gasteiger charge is 2.74. The number of anilines is 2. The Balaban J connectivity index is 1.57. The molecule has 3 fully saturated rings. The molecule has 170 valence electrons. The summed E-state index contributed by atoms with van der Waals surface area (Å²) < 4.78 is 41.2. The van der Waals surface area contributed by atoms with E-state index in [9.17, 15) is 27.6 Å². The highest BCUT2D eigenvalue weighted by molar-refractivity contribution is 6.26. The molecule has 0 saturated carbocycles. The molecule has 0 radical (unpaired) electrons. The molecule has 4 atom stereocenters. The molecule has 6 nitrogen and oxygen atoms in total. The van der Waals surface area contributed by atoms with Crippen LogP contribution in [0, 0.1) is 18.8 Å². The minimum absolute atomic E-state index is 0.383. The average Bonchev–Trinajstić information content (AvgIpc) is 3.47. The number of benzene rings is 2. The van der Waals surface area contributed by atoms with Crippen LogP contribution in [0.3, 0.4) is 0 Å². The SMILES string of the molecule is Cc1cccc2c1NC(=O)[C@@]21[C@@H]2C(=O)N(c3ccccc3C(F)(F)F)C(=O)[C@@H]2[C@@H]2CCCN21. The number of imide groups is 1. The predicted octanol–water partition coefficient (Wildman–Crippen LogP) is 3.45. The van der Waals surface area contributed by atoms with Crippen molar-refractivity contribution in [3.05, 3.63) is 59.2 Å². The van der Waals surface area contributed by atoms with Crippen LogP contribution in [0.1, 0.15) is 29.5 Å². The largest absolute Gasteiger partial charge is 0.418 e. The van der Waals surface area contributed by atoms with Gasteiger partial charge in [0.1, 0.15) is 5.54 Å². The summed E-state index contributed by atoms with van der Waals surface area (Å²) in [7, 11) is 0. The minimum Gasteiger partial charge on any atom is -0.324 e. The Morgan fingerprint density at radius 3 is 2.55 bits per heavy atom. The number of amides is 3. The molecule has 9 heteroatoms. The van der Waals surface area contributed by atoms with Crippen molar-refractivity contribution < 1.29 is 27.6 Å². The summed E-state index contributed by atoms with van der Waals surface area (Å²) in [4.78, 5) is 43.7. The van der Waals surface area contributed by atoms with Gasteiger partial charge in [-0.1, -0.05) is 30.3 Å². The van der Waals surface area contributed by atoms with Crippen LogP contribution in [-0.4, -0.2) is 35.2 Å². The van der Waals surface area contributed by atoms with Crippen LogP contribution in [0.2, 0.25) is 0 Å². The monoisotopic (exact) mass is 455 g/mol. The van der Waals surface area contributed by atoms with Crippen molar-refractivity contribution in [1.82, 2.24) is 4.90 Å². The van der Waals surface area contributed by atoms with Gasteiger partial charge in [0.05, 0.1) is 23.1 Å². The van der Waals surface area contributed by atoms with Gasteiger partial charge >= 0.3 is 6.18 Å². The first kappa shape index (κ1) is 20.4. The van der Waals surface area contributed by atoms with E-state index < -0.39 is 52.5 Å². The van der Waals surface area contributed by atoms with E-state index in [-0.39, 0.29) is 6.04 Å². The minimum atomic E-state index is -4.74. The molecular weight excluding hydrogens is 435 g/mol. The second-order valence-electron chi connectivity index (χ2n) is 9.15. The van der Waals surface area contributed by atoms with E-state index in [1.165, 1.54) is 12.1 Å². The number of para-hydroxylation sites is 2. The van der Waals surface area contributed by atoms with Crippen LogP contribution in [-0.2, 0) is 26.1 Å². The van der Waals surface area contributed by atoms with Crippen LogP contribution in [0.4, 0.5) is 24.5 Å². The number of carbonyl (C=O) groups is 3. The Labute approximate surface area is 187 Å². The van der Waals surface area contributed by atoms with Crippen LogP contribution >= 0.6 is 0 Å². The molecule has 3 amide bonds.